The summed E-state index contributed by atoms with van der Waals surface area (Å²) in [6.07, 6.45) is 4.15. The second kappa shape index (κ2) is 8.93. The molecule has 0 aliphatic heterocycles. The topological polar surface area (TPSA) is 118 Å². The molecule has 166 valence electrons. The third-order valence-electron chi connectivity index (χ3n) is 4.73. The Bertz CT molecular complexity index is 1550. The molecule has 8 nitrogen and oxygen atoms in total. The number of rotatable bonds is 6. The minimum atomic E-state index is -3.56. The molecule has 2 aromatic carbocycles. The largest absolute Gasteiger partial charge is 0.342 e. The van der Waals surface area contributed by atoms with E-state index >= 15 is 0 Å². The minimum Gasteiger partial charge on any atom is -0.342 e. The number of halogens is 1. The fraction of sp³-hybridized carbons (Fsp3) is 0.0909. The number of aromatic nitrogens is 3. The van der Waals surface area contributed by atoms with Crippen LogP contribution in [0.4, 0.5) is 9.52 Å². The van der Waals surface area contributed by atoms with Crippen LogP contribution in [-0.2, 0) is 21.2 Å². The van der Waals surface area contributed by atoms with Gasteiger partial charge in [0.25, 0.3) is 5.91 Å². The summed E-state index contributed by atoms with van der Waals surface area (Å²) >= 11 is 0.693. The lowest BCUT2D eigenvalue weighted by molar-refractivity contribution is -0.112. The van der Waals surface area contributed by atoms with Gasteiger partial charge in [0.1, 0.15) is 17.5 Å². The number of hydrogen-bond donors (Lipinski definition) is 1. The van der Waals surface area contributed by atoms with Gasteiger partial charge in [0.2, 0.25) is 19.3 Å². The first kappa shape index (κ1) is 22.3. The number of carbonyl (C=O) groups excluding carboxylic acids is 1. The van der Waals surface area contributed by atoms with Gasteiger partial charge in [-0.25, -0.2) is 12.8 Å². The molecule has 0 aliphatic rings. The van der Waals surface area contributed by atoms with Crippen molar-refractivity contribution in [3.63, 3.8) is 0 Å². The molecule has 4 aromatic rings. The van der Waals surface area contributed by atoms with Gasteiger partial charge in [0.05, 0.1) is 6.54 Å². The Balaban J connectivity index is 1.67. The Morgan fingerprint density at radius 1 is 1.21 bits per heavy atom. The third kappa shape index (κ3) is 4.82. The number of amides is 1. The Morgan fingerprint density at radius 3 is 2.64 bits per heavy atom. The van der Waals surface area contributed by atoms with E-state index in [1.807, 2.05) is 34.9 Å². The van der Waals surface area contributed by atoms with Gasteiger partial charge in [-0.1, -0.05) is 47.7 Å². The van der Waals surface area contributed by atoms with Gasteiger partial charge in [0, 0.05) is 34.5 Å². The second-order valence-corrected chi connectivity index (χ2v) is 10.3. The Labute approximate surface area is 192 Å². The van der Waals surface area contributed by atoms with Crippen LogP contribution in [0.3, 0.4) is 0 Å². The molecule has 0 aliphatic carbocycles. The molecule has 1 amide bonds. The van der Waals surface area contributed by atoms with E-state index in [0.717, 1.165) is 17.2 Å². The van der Waals surface area contributed by atoms with Gasteiger partial charge in [0.15, 0.2) is 0 Å². The van der Waals surface area contributed by atoms with E-state index in [0.29, 0.717) is 22.5 Å². The predicted molar refractivity (Wildman–Crippen MR) is 123 cm³/mol. The number of nitrogens with one attached hydrogen (secondary N) is 1. The fourth-order valence-electron chi connectivity index (χ4n) is 3.21. The molecular formula is C22H16FN5O3S2. The number of nitriles is 1. The molecule has 0 radical (unpaired) electrons. The maximum atomic E-state index is 14.2. The zero-order chi connectivity index (χ0) is 23.6. The van der Waals surface area contributed by atoms with E-state index in [2.05, 4.69) is 15.5 Å². The van der Waals surface area contributed by atoms with E-state index in [9.17, 15) is 22.9 Å². The molecular weight excluding hydrogens is 465 g/mol. The van der Waals surface area contributed by atoms with Crippen LogP contribution in [-0.4, -0.2) is 35.3 Å². The number of para-hydroxylation sites is 1. The molecule has 0 atom stereocenters. The maximum absolute atomic E-state index is 14.2. The summed E-state index contributed by atoms with van der Waals surface area (Å²) in [6.45, 7) is 0.272. The monoisotopic (exact) mass is 481 g/mol. The van der Waals surface area contributed by atoms with Crippen molar-refractivity contribution in [3.8, 4) is 6.07 Å². The molecule has 0 saturated carbocycles. The first-order chi connectivity index (χ1) is 15.8. The summed E-state index contributed by atoms with van der Waals surface area (Å²) in [5.41, 5.74) is 1.71. The number of carbonyl (C=O) groups is 1. The molecule has 4 rings (SSSR count). The smallest absolute Gasteiger partial charge is 0.268 e. The zero-order valence-electron chi connectivity index (χ0n) is 17.2. The first-order valence-electron chi connectivity index (χ1n) is 9.54. The van der Waals surface area contributed by atoms with Crippen molar-refractivity contribution < 1.29 is 17.6 Å². The summed E-state index contributed by atoms with van der Waals surface area (Å²) in [5, 5.41) is 19.9. The molecule has 0 unspecified atom stereocenters. The van der Waals surface area contributed by atoms with Crippen molar-refractivity contribution in [1.29, 1.82) is 5.26 Å². The highest BCUT2D eigenvalue weighted by molar-refractivity contribution is 7.92. The quantitative estimate of drug-likeness (QED) is 0.255. The van der Waals surface area contributed by atoms with E-state index in [-0.39, 0.29) is 27.4 Å². The average molecular weight is 482 g/mol. The average Bonchev–Trinajstić information content (AvgIpc) is 3.39. The normalized spacial score (nSPS) is 12.0. The molecule has 0 fully saturated rings. The zero-order valence-corrected chi connectivity index (χ0v) is 18.8. The van der Waals surface area contributed by atoms with Gasteiger partial charge in [-0.2, -0.15) is 5.26 Å². The fourth-order valence-corrected chi connectivity index (χ4v) is 4.71. The van der Waals surface area contributed by atoms with Crippen molar-refractivity contribution in [2.75, 3.05) is 11.6 Å². The maximum Gasteiger partial charge on any atom is 0.268 e. The minimum absolute atomic E-state index is 0.0384. The van der Waals surface area contributed by atoms with Crippen molar-refractivity contribution in [2.45, 2.75) is 10.9 Å². The highest BCUT2D eigenvalue weighted by Crippen LogP contribution is 2.26. The highest BCUT2D eigenvalue weighted by atomic mass is 32.2. The van der Waals surface area contributed by atoms with Gasteiger partial charge in [-0.3, -0.25) is 10.1 Å². The van der Waals surface area contributed by atoms with Crippen molar-refractivity contribution in [2.24, 2.45) is 0 Å². The van der Waals surface area contributed by atoms with Crippen LogP contribution in [0.25, 0.3) is 17.0 Å². The van der Waals surface area contributed by atoms with Gasteiger partial charge < -0.3 is 4.57 Å². The van der Waals surface area contributed by atoms with Crippen molar-refractivity contribution in [3.05, 3.63) is 77.2 Å². The SMILES string of the molecule is CS(=O)(=O)c1nnc(NC(=O)/C(C#N)=C\c2cn(Cc3ccccc3F)c3ccccc23)s1. The molecule has 0 saturated heterocycles. The molecule has 2 aromatic heterocycles. The van der Waals surface area contributed by atoms with E-state index < -0.39 is 15.7 Å². The summed E-state index contributed by atoms with van der Waals surface area (Å²) in [5.74, 6) is -1.07. The number of fused-ring (bicyclic) bond motifs is 1. The van der Waals surface area contributed by atoms with E-state index in [1.165, 1.54) is 12.1 Å². The first-order valence-corrected chi connectivity index (χ1v) is 12.2. The van der Waals surface area contributed by atoms with E-state index in [4.69, 9.17) is 0 Å². The highest BCUT2D eigenvalue weighted by Gasteiger charge is 2.18. The van der Waals surface area contributed by atoms with E-state index in [1.54, 1.807) is 24.4 Å². The van der Waals surface area contributed by atoms with Crippen molar-refractivity contribution >= 4 is 49.2 Å². The number of hydrogen-bond acceptors (Lipinski definition) is 7. The Hall–Kier alpha value is -3.88. The molecule has 2 heterocycles. The summed E-state index contributed by atoms with van der Waals surface area (Å²) in [6, 6.07) is 15.7. The lowest BCUT2D eigenvalue weighted by Gasteiger charge is -2.06. The van der Waals surface area contributed by atoms with Gasteiger partial charge >= 0.3 is 0 Å². The Morgan fingerprint density at radius 2 is 1.94 bits per heavy atom. The molecule has 1 N–H and O–H groups in total. The van der Waals surface area contributed by atoms with Crippen LogP contribution in [0.15, 0.2) is 64.6 Å². The number of sulfone groups is 1. The molecule has 33 heavy (non-hydrogen) atoms. The van der Waals surface area contributed by atoms with Crippen LogP contribution in [0, 0.1) is 17.1 Å². The van der Waals surface area contributed by atoms with Crippen molar-refractivity contribution in [1.82, 2.24) is 14.8 Å². The lowest BCUT2D eigenvalue weighted by atomic mass is 10.1. The lowest BCUT2D eigenvalue weighted by Crippen LogP contribution is -2.13. The number of nitrogens with zero attached hydrogens (tertiary/aromatic N) is 4. The van der Waals surface area contributed by atoms with Crippen LogP contribution in [0.5, 0.6) is 0 Å². The summed E-state index contributed by atoms with van der Waals surface area (Å²) < 4.78 is 38.9. The van der Waals surface area contributed by atoms with Gasteiger partial charge in [-0.05, 0) is 18.2 Å². The summed E-state index contributed by atoms with van der Waals surface area (Å²) in [4.78, 5) is 12.6. The molecule has 0 spiro atoms. The summed E-state index contributed by atoms with van der Waals surface area (Å²) in [7, 11) is -3.56. The standard InChI is InChI=1S/C22H16FN5O3S2/c1-33(30,31)22-27-26-21(32-22)25-20(29)15(11-24)10-16-13-28(19-9-5-3-7-17(16)19)12-14-6-2-4-8-18(14)23/h2-10,13H,12H2,1H3,(H,25,26,29)/b15-10-. The second-order valence-electron chi connectivity index (χ2n) is 7.09. The van der Waals surface area contributed by atoms with Crippen LogP contribution in [0.1, 0.15) is 11.1 Å². The molecule has 11 heteroatoms. The molecule has 0 bridgehead atoms. The van der Waals surface area contributed by atoms with Gasteiger partial charge in [-0.15, -0.1) is 10.2 Å². The number of anilines is 1. The third-order valence-corrected chi connectivity index (χ3v) is 7.23. The Kier molecular flexibility index (Phi) is 6.04. The van der Waals surface area contributed by atoms with Crippen LogP contribution >= 0.6 is 11.3 Å². The van der Waals surface area contributed by atoms with Crippen LogP contribution < -0.4 is 5.32 Å². The van der Waals surface area contributed by atoms with Crippen LogP contribution in [0.2, 0.25) is 0 Å². The number of benzene rings is 2. The predicted octanol–water partition coefficient (Wildman–Crippen LogP) is 3.63.